The number of rotatable bonds is 5. The summed E-state index contributed by atoms with van der Waals surface area (Å²) in [5.74, 6) is -1.23. The largest absolute Gasteiger partial charge is 0.534 e. The van der Waals surface area contributed by atoms with Crippen LogP contribution in [0.3, 0.4) is 0 Å². The van der Waals surface area contributed by atoms with Crippen LogP contribution >= 0.6 is 0 Å². The van der Waals surface area contributed by atoms with Gasteiger partial charge in [0.15, 0.2) is 0 Å². The molecule has 0 radical (unpaired) electrons. The van der Waals surface area contributed by atoms with Crippen LogP contribution < -0.4 is 8.37 Å². The topological polar surface area (TPSA) is 86.7 Å². The maximum Gasteiger partial charge on any atom is 0.534 e. The number of alkyl halides is 6. The Bertz CT molecular complexity index is 952. The second-order valence-corrected chi connectivity index (χ2v) is 8.09. The van der Waals surface area contributed by atoms with Crippen molar-refractivity contribution in [1.82, 2.24) is 0 Å². The highest BCUT2D eigenvalue weighted by Gasteiger charge is 2.49. The van der Waals surface area contributed by atoms with Gasteiger partial charge in [-0.2, -0.15) is 43.2 Å². The predicted molar refractivity (Wildman–Crippen MR) is 83.1 cm³/mol. The fourth-order valence-corrected chi connectivity index (χ4v) is 2.67. The van der Waals surface area contributed by atoms with Gasteiger partial charge >= 0.3 is 31.3 Å². The zero-order chi connectivity index (χ0) is 21.4. The fraction of sp³-hybridized carbons (Fsp3) is 0.143. The van der Waals surface area contributed by atoms with Crippen molar-refractivity contribution >= 4 is 20.2 Å². The SMILES string of the molecule is O=S(=O)(Oc1ccc(-c2ccc(OS(=O)(=O)C(F)(F)F)cc2)cc1)C(F)(F)F. The second kappa shape index (κ2) is 7.16. The zero-order valence-electron chi connectivity index (χ0n) is 13.2. The maximum absolute atomic E-state index is 12.3. The fourth-order valence-electron chi connectivity index (χ4n) is 1.75. The first-order chi connectivity index (χ1) is 12.6. The van der Waals surface area contributed by atoms with Gasteiger partial charge in [0.05, 0.1) is 0 Å². The maximum atomic E-state index is 12.3. The highest BCUT2D eigenvalue weighted by atomic mass is 32.2. The summed E-state index contributed by atoms with van der Waals surface area (Å²) in [6.07, 6.45) is 0. The Morgan fingerprint density at radius 2 is 0.786 bits per heavy atom. The van der Waals surface area contributed by atoms with Crippen molar-refractivity contribution in [2.45, 2.75) is 11.0 Å². The van der Waals surface area contributed by atoms with E-state index in [1.54, 1.807) is 0 Å². The molecule has 0 aliphatic heterocycles. The van der Waals surface area contributed by atoms with Crippen molar-refractivity contribution in [3.63, 3.8) is 0 Å². The van der Waals surface area contributed by atoms with E-state index in [9.17, 15) is 43.2 Å². The van der Waals surface area contributed by atoms with Gasteiger partial charge in [-0.3, -0.25) is 0 Å². The lowest BCUT2D eigenvalue weighted by Gasteiger charge is -2.11. The van der Waals surface area contributed by atoms with E-state index in [1.165, 1.54) is 24.3 Å². The molecular weight excluding hydrogens is 442 g/mol. The Hall–Kier alpha value is -2.48. The molecule has 0 fully saturated rings. The highest BCUT2D eigenvalue weighted by Crippen LogP contribution is 2.31. The van der Waals surface area contributed by atoms with Gasteiger partial charge in [-0.25, -0.2) is 0 Å². The molecule has 6 nitrogen and oxygen atoms in total. The van der Waals surface area contributed by atoms with Crippen molar-refractivity contribution < 1.29 is 51.5 Å². The average Bonchev–Trinajstić information content (AvgIpc) is 2.53. The first-order valence-corrected chi connectivity index (χ1v) is 9.66. The highest BCUT2D eigenvalue weighted by molar-refractivity contribution is 7.88. The van der Waals surface area contributed by atoms with E-state index in [-0.39, 0.29) is 0 Å². The van der Waals surface area contributed by atoms with Gasteiger partial charge in [0.1, 0.15) is 11.5 Å². The summed E-state index contributed by atoms with van der Waals surface area (Å²) in [5, 5.41) is 0. The molecule has 28 heavy (non-hydrogen) atoms. The van der Waals surface area contributed by atoms with E-state index in [2.05, 4.69) is 8.37 Å². The van der Waals surface area contributed by atoms with Crippen molar-refractivity contribution in [3.8, 4) is 22.6 Å². The Morgan fingerprint density at radius 3 is 1.00 bits per heavy atom. The normalized spacial score (nSPS) is 13.2. The summed E-state index contributed by atoms with van der Waals surface area (Å²) in [4.78, 5) is 0. The third-order valence-electron chi connectivity index (χ3n) is 3.02. The zero-order valence-corrected chi connectivity index (χ0v) is 14.8. The monoisotopic (exact) mass is 450 g/mol. The second-order valence-electron chi connectivity index (χ2n) is 5.02. The Balaban J connectivity index is 2.17. The summed E-state index contributed by atoms with van der Waals surface area (Å²) >= 11 is 0. The summed E-state index contributed by atoms with van der Waals surface area (Å²) in [6.45, 7) is 0. The van der Waals surface area contributed by atoms with Gasteiger partial charge in [-0.05, 0) is 35.4 Å². The number of hydrogen-bond acceptors (Lipinski definition) is 6. The van der Waals surface area contributed by atoms with Crippen LogP contribution in [0.25, 0.3) is 11.1 Å². The Labute approximate surface area is 154 Å². The minimum atomic E-state index is -5.83. The van der Waals surface area contributed by atoms with Crippen LogP contribution in [0.5, 0.6) is 11.5 Å². The van der Waals surface area contributed by atoms with Crippen LogP contribution in [0.15, 0.2) is 48.5 Å². The van der Waals surface area contributed by atoms with Gasteiger partial charge in [0, 0.05) is 0 Å². The summed E-state index contributed by atoms with van der Waals surface area (Å²) in [6, 6.07) is 8.45. The third-order valence-corrected chi connectivity index (χ3v) is 4.98. The lowest BCUT2D eigenvalue weighted by Crippen LogP contribution is -2.28. The Kier molecular flexibility index (Phi) is 5.58. The number of benzene rings is 2. The first-order valence-electron chi connectivity index (χ1n) is 6.84. The first kappa shape index (κ1) is 21.8. The van der Waals surface area contributed by atoms with Crippen LogP contribution in [0, 0.1) is 0 Å². The molecule has 2 aromatic carbocycles. The van der Waals surface area contributed by atoms with Crippen LogP contribution in [-0.4, -0.2) is 27.9 Å². The lowest BCUT2D eigenvalue weighted by molar-refractivity contribution is -0.0504. The van der Waals surface area contributed by atoms with Crippen LogP contribution in [0.1, 0.15) is 0 Å². The van der Waals surface area contributed by atoms with Crippen molar-refractivity contribution in [1.29, 1.82) is 0 Å². The van der Waals surface area contributed by atoms with Gasteiger partial charge in [-0.15, -0.1) is 0 Å². The molecule has 0 aliphatic rings. The third kappa shape index (κ3) is 4.86. The Morgan fingerprint density at radius 1 is 0.536 bits per heavy atom. The molecule has 0 unspecified atom stereocenters. The molecule has 0 atom stereocenters. The van der Waals surface area contributed by atoms with Crippen molar-refractivity contribution in [2.24, 2.45) is 0 Å². The predicted octanol–water partition coefficient (Wildman–Crippen LogP) is 3.81. The molecule has 0 N–H and O–H groups in total. The van der Waals surface area contributed by atoms with E-state index < -0.39 is 42.8 Å². The van der Waals surface area contributed by atoms with E-state index in [4.69, 9.17) is 0 Å². The number of hydrogen-bond donors (Lipinski definition) is 0. The molecule has 0 spiro atoms. The molecule has 2 rings (SSSR count). The molecule has 0 aliphatic carbocycles. The molecule has 0 bridgehead atoms. The molecule has 0 aromatic heterocycles. The summed E-state index contributed by atoms with van der Waals surface area (Å²) < 4.78 is 125. The average molecular weight is 450 g/mol. The van der Waals surface area contributed by atoms with Crippen molar-refractivity contribution in [2.75, 3.05) is 0 Å². The molecular formula is C14H8F6O6S2. The van der Waals surface area contributed by atoms with Gasteiger partial charge in [0.25, 0.3) is 0 Å². The van der Waals surface area contributed by atoms with Gasteiger partial charge in [-0.1, -0.05) is 24.3 Å². The number of halogens is 6. The van der Waals surface area contributed by atoms with Crippen molar-refractivity contribution in [3.05, 3.63) is 48.5 Å². The molecule has 0 saturated carbocycles. The van der Waals surface area contributed by atoms with Gasteiger partial charge < -0.3 is 8.37 Å². The smallest absolute Gasteiger partial charge is 0.376 e. The quantitative estimate of drug-likeness (QED) is 0.391. The van der Waals surface area contributed by atoms with E-state index >= 15 is 0 Å². The van der Waals surface area contributed by atoms with Gasteiger partial charge in [0.2, 0.25) is 0 Å². The lowest BCUT2D eigenvalue weighted by atomic mass is 10.1. The van der Waals surface area contributed by atoms with E-state index in [1.807, 2.05) is 0 Å². The summed E-state index contributed by atoms with van der Waals surface area (Å²) in [7, 11) is -11.7. The van der Waals surface area contributed by atoms with E-state index in [0.717, 1.165) is 24.3 Å². The van der Waals surface area contributed by atoms with Crippen LogP contribution in [-0.2, 0) is 20.2 Å². The van der Waals surface area contributed by atoms with Crippen LogP contribution in [0.4, 0.5) is 26.3 Å². The standard InChI is InChI=1S/C14H8F6O6S2/c15-13(16,17)27(21,22)25-11-5-1-9(2-6-11)10-3-7-12(8-4-10)26-28(23,24)14(18,19)20/h1-8H. The molecule has 154 valence electrons. The minimum Gasteiger partial charge on any atom is -0.376 e. The van der Waals surface area contributed by atoms with E-state index in [0.29, 0.717) is 11.1 Å². The molecule has 0 amide bonds. The van der Waals surface area contributed by atoms with Crippen LogP contribution in [0.2, 0.25) is 0 Å². The molecule has 0 heterocycles. The minimum absolute atomic E-state index is 0.321. The molecule has 0 saturated heterocycles. The molecule has 2 aromatic rings. The molecule has 14 heteroatoms. The summed E-state index contributed by atoms with van der Waals surface area (Å²) in [5.41, 5.74) is -10.6.